The predicted octanol–water partition coefficient (Wildman–Crippen LogP) is 4.23. The molecule has 0 unspecified atom stereocenters. The summed E-state index contributed by atoms with van der Waals surface area (Å²) in [5.41, 5.74) is 6.98. The molecule has 1 aromatic heterocycles. The van der Waals surface area contributed by atoms with Gasteiger partial charge < -0.3 is 9.67 Å². The third kappa shape index (κ3) is 3.76. The van der Waals surface area contributed by atoms with Crippen LogP contribution in [-0.2, 0) is 6.54 Å². The van der Waals surface area contributed by atoms with E-state index in [0.29, 0.717) is 12.2 Å². The Morgan fingerprint density at radius 3 is 2.46 bits per heavy atom. The number of imidazole rings is 1. The zero-order valence-electron chi connectivity index (χ0n) is 15.0. The molecule has 0 aliphatic heterocycles. The van der Waals surface area contributed by atoms with Gasteiger partial charge in [0.15, 0.2) is 5.82 Å². The highest BCUT2D eigenvalue weighted by Crippen LogP contribution is 2.17. The second-order valence-corrected chi connectivity index (χ2v) is 6.28. The van der Waals surface area contributed by atoms with E-state index >= 15 is 0 Å². The van der Waals surface area contributed by atoms with Crippen LogP contribution in [0, 0.1) is 0 Å². The maximum atomic E-state index is 10.9. The number of hydrogen-bond donors (Lipinski definition) is 2. The van der Waals surface area contributed by atoms with Gasteiger partial charge in [0.25, 0.3) is 0 Å². The van der Waals surface area contributed by atoms with E-state index in [2.05, 4.69) is 32.2 Å². The fraction of sp³-hybridized carbons (Fsp3) is 0.0455. The van der Waals surface area contributed by atoms with Gasteiger partial charge in [0.05, 0.1) is 28.5 Å². The van der Waals surface area contributed by atoms with E-state index in [4.69, 9.17) is 5.11 Å². The van der Waals surface area contributed by atoms with Crippen LogP contribution in [0.25, 0.3) is 11.0 Å². The predicted molar refractivity (Wildman–Crippen MR) is 110 cm³/mol. The summed E-state index contributed by atoms with van der Waals surface area (Å²) in [5.74, 6) is -0.218. The third-order valence-corrected chi connectivity index (χ3v) is 4.37. The molecule has 0 amide bonds. The van der Waals surface area contributed by atoms with Crippen molar-refractivity contribution in [3.05, 3.63) is 95.8 Å². The Hall–Kier alpha value is -3.93. The zero-order valence-corrected chi connectivity index (χ0v) is 15.0. The van der Waals surface area contributed by atoms with Gasteiger partial charge in [0.1, 0.15) is 0 Å². The molecule has 0 aliphatic carbocycles. The summed E-state index contributed by atoms with van der Waals surface area (Å²) in [6.07, 6.45) is 1.67. The summed E-state index contributed by atoms with van der Waals surface area (Å²) in [6, 6.07) is 24.6. The molecule has 0 saturated carbocycles. The van der Waals surface area contributed by atoms with E-state index in [0.717, 1.165) is 16.9 Å². The van der Waals surface area contributed by atoms with Gasteiger partial charge in [0.2, 0.25) is 0 Å². The Labute approximate surface area is 161 Å². The number of nitrogens with zero attached hydrogens (tertiary/aromatic N) is 3. The van der Waals surface area contributed by atoms with Crippen LogP contribution >= 0.6 is 0 Å². The molecular formula is C22H18N4O2. The Morgan fingerprint density at radius 2 is 1.71 bits per heavy atom. The van der Waals surface area contributed by atoms with Gasteiger partial charge in [-0.05, 0) is 42.0 Å². The van der Waals surface area contributed by atoms with Crippen molar-refractivity contribution in [1.29, 1.82) is 0 Å². The second kappa shape index (κ2) is 7.75. The molecule has 2 N–H and O–H groups in total. The summed E-state index contributed by atoms with van der Waals surface area (Å²) in [6.45, 7) is 0.690. The molecule has 138 valence electrons. The minimum Gasteiger partial charge on any atom is -0.478 e. The highest BCUT2D eigenvalue weighted by molar-refractivity contribution is 5.88. The number of carbonyl (C=O) groups is 1. The second-order valence-electron chi connectivity index (χ2n) is 6.28. The van der Waals surface area contributed by atoms with Gasteiger partial charge in [-0.15, -0.1) is 0 Å². The third-order valence-electron chi connectivity index (χ3n) is 4.37. The molecule has 0 fully saturated rings. The number of aromatic nitrogens is 2. The topological polar surface area (TPSA) is 79.5 Å². The van der Waals surface area contributed by atoms with Crippen LogP contribution in [0.5, 0.6) is 0 Å². The monoisotopic (exact) mass is 370 g/mol. The van der Waals surface area contributed by atoms with Crippen molar-refractivity contribution in [2.24, 2.45) is 5.10 Å². The first kappa shape index (κ1) is 17.5. The minimum atomic E-state index is -0.954. The van der Waals surface area contributed by atoms with E-state index in [9.17, 15) is 4.79 Å². The standard InChI is InChI=1S/C22H18N4O2/c27-22(28)17-10-12-18(13-11-17)25-23-14-21-24-19-8-4-5-9-20(19)26(21)15-16-6-2-1-3-7-16/h1-14,25H,15H2,(H,27,28)/b23-14+. The lowest BCUT2D eigenvalue weighted by Crippen LogP contribution is -2.05. The molecule has 0 spiro atoms. The average Bonchev–Trinajstić information content (AvgIpc) is 3.07. The Bertz CT molecular complexity index is 1130. The minimum absolute atomic E-state index is 0.235. The number of anilines is 1. The van der Waals surface area contributed by atoms with Gasteiger partial charge in [0, 0.05) is 6.54 Å². The molecular weight excluding hydrogens is 352 g/mol. The lowest BCUT2D eigenvalue weighted by molar-refractivity contribution is 0.0697. The smallest absolute Gasteiger partial charge is 0.335 e. The maximum absolute atomic E-state index is 10.9. The van der Waals surface area contributed by atoms with Crippen LogP contribution in [0.3, 0.4) is 0 Å². The van der Waals surface area contributed by atoms with Crippen LogP contribution in [0.4, 0.5) is 5.69 Å². The molecule has 3 aromatic carbocycles. The molecule has 0 radical (unpaired) electrons. The van der Waals surface area contributed by atoms with Crippen molar-refractivity contribution in [1.82, 2.24) is 9.55 Å². The molecule has 28 heavy (non-hydrogen) atoms. The summed E-state index contributed by atoms with van der Waals surface area (Å²) < 4.78 is 2.11. The molecule has 0 atom stereocenters. The normalized spacial score (nSPS) is 11.1. The van der Waals surface area contributed by atoms with E-state index in [1.54, 1.807) is 18.3 Å². The van der Waals surface area contributed by atoms with Crippen molar-refractivity contribution in [3.8, 4) is 0 Å². The zero-order chi connectivity index (χ0) is 19.3. The van der Waals surface area contributed by atoms with Gasteiger partial charge in [-0.2, -0.15) is 5.10 Å². The Morgan fingerprint density at radius 1 is 1.00 bits per heavy atom. The molecule has 0 saturated heterocycles. The highest BCUT2D eigenvalue weighted by atomic mass is 16.4. The fourth-order valence-corrected chi connectivity index (χ4v) is 2.98. The molecule has 4 aromatic rings. The number of carboxylic acid groups (broad SMARTS) is 1. The fourth-order valence-electron chi connectivity index (χ4n) is 2.98. The number of fused-ring (bicyclic) bond motifs is 1. The summed E-state index contributed by atoms with van der Waals surface area (Å²) >= 11 is 0. The van der Waals surface area contributed by atoms with Crippen LogP contribution in [0.15, 0.2) is 84.0 Å². The number of carboxylic acids is 1. The number of rotatable bonds is 6. The van der Waals surface area contributed by atoms with Crippen molar-refractivity contribution in [2.45, 2.75) is 6.54 Å². The van der Waals surface area contributed by atoms with E-state index < -0.39 is 5.97 Å². The summed E-state index contributed by atoms with van der Waals surface area (Å²) in [7, 11) is 0. The number of hydrogen-bond acceptors (Lipinski definition) is 4. The maximum Gasteiger partial charge on any atom is 0.335 e. The quantitative estimate of drug-likeness (QED) is 0.393. The molecule has 0 aliphatic rings. The SMILES string of the molecule is O=C(O)c1ccc(N/N=C/c2nc3ccccc3n2Cc2ccccc2)cc1. The lowest BCUT2D eigenvalue weighted by atomic mass is 10.2. The number of aromatic carboxylic acids is 1. The number of nitrogens with one attached hydrogen (secondary N) is 1. The van der Waals surface area contributed by atoms with Crippen molar-refractivity contribution in [2.75, 3.05) is 5.43 Å². The van der Waals surface area contributed by atoms with Gasteiger partial charge in [-0.1, -0.05) is 42.5 Å². The van der Waals surface area contributed by atoms with E-state index in [1.165, 1.54) is 17.7 Å². The average molecular weight is 370 g/mol. The van der Waals surface area contributed by atoms with Gasteiger partial charge >= 0.3 is 5.97 Å². The van der Waals surface area contributed by atoms with Crippen LogP contribution in [0.1, 0.15) is 21.7 Å². The van der Waals surface area contributed by atoms with Crippen LogP contribution in [-0.4, -0.2) is 26.8 Å². The van der Waals surface area contributed by atoms with Crippen molar-refractivity contribution in [3.63, 3.8) is 0 Å². The first-order valence-electron chi connectivity index (χ1n) is 8.82. The van der Waals surface area contributed by atoms with Crippen LogP contribution in [0.2, 0.25) is 0 Å². The van der Waals surface area contributed by atoms with Crippen molar-refractivity contribution < 1.29 is 9.90 Å². The Kier molecular flexibility index (Phi) is 4.84. The first-order chi connectivity index (χ1) is 13.7. The Balaban J connectivity index is 1.59. The van der Waals surface area contributed by atoms with E-state index in [-0.39, 0.29) is 5.56 Å². The summed E-state index contributed by atoms with van der Waals surface area (Å²) in [5, 5.41) is 13.2. The number of hydrazone groups is 1. The largest absolute Gasteiger partial charge is 0.478 e. The number of benzene rings is 3. The lowest BCUT2D eigenvalue weighted by Gasteiger charge is -2.07. The first-order valence-corrected chi connectivity index (χ1v) is 8.82. The molecule has 6 heteroatoms. The molecule has 6 nitrogen and oxygen atoms in total. The summed E-state index contributed by atoms with van der Waals surface area (Å²) in [4.78, 5) is 15.6. The molecule has 0 bridgehead atoms. The highest BCUT2D eigenvalue weighted by Gasteiger charge is 2.09. The van der Waals surface area contributed by atoms with Crippen molar-refractivity contribution >= 4 is 28.9 Å². The molecule has 4 rings (SSSR count). The number of para-hydroxylation sites is 2. The van der Waals surface area contributed by atoms with E-state index in [1.807, 2.05) is 42.5 Å². The van der Waals surface area contributed by atoms with Crippen LogP contribution < -0.4 is 5.43 Å². The van der Waals surface area contributed by atoms with Gasteiger partial charge in [-0.3, -0.25) is 5.43 Å². The molecule has 1 heterocycles. The van der Waals surface area contributed by atoms with Gasteiger partial charge in [-0.25, -0.2) is 9.78 Å².